The van der Waals surface area contributed by atoms with Crippen LogP contribution in [0, 0.1) is 5.92 Å². The van der Waals surface area contributed by atoms with Crippen LogP contribution in [0.2, 0.25) is 0 Å². The van der Waals surface area contributed by atoms with Crippen LogP contribution >= 0.6 is 11.8 Å². The number of rotatable bonds is 8. The third kappa shape index (κ3) is 5.53. The standard InChI is InChI=1S/C27H33N3O6S/c1-5-21-23(26(33)35-4)24(17-9-11-20(34-3)12-10-17)30-19(16-37-27(30)28-21)14-22(31)29-13-7-8-18(15-29)25(32)36-6-2/h9-12,16,18,24H,5-8,13-15H2,1-4H3. The van der Waals surface area contributed by atoms with Crippen LogP contribution in [0.15, 0.2) is 51.6 Å². The van der Waals surface area contributed by atoms with Crippen molar-refractivity contribution in [2.45, 2.75) is 45.6 Å². The van der Waals surface area contributed by atoms with Gasteiger partial charge in [-0.1, -0.05) is 30.8 Å². The number of thioether (sulfide) groups is 1. The molecule has 2 unspecified atom stereocenters. The second-order valence-electron chi connectivity index (χ2n) is 8.98. The molecule has 1 saturated heterocycles. The SMILES string of the molecule is CCOC(=O)C1CCCN(C(=O)CC2=CSC3=NC(CC)=C(C(=O)OC)C(c4ccc(OC)cc4)N23)C1. The van der Waals surface area contributed by atoms with Gasteiger partial charge in [0.05, 0.1) is 50.5 Å². The summed E-state index contributed by atoms with van der Waals surface area (Å²) in [5.41, 5.74) is 2.74. The fourth-order valence-electron chi connectivity index (χ4n) is 4.94. The molecule has 0 aromatic heterocycles. The zero-order valence-electron chi connectivity index (χ0n) is 21.7. The number of amides is 1. The topological polar surface area (TPSA) is 97.7 Å². The first-order chi connectivity index (χ1) is 17.9. The fraction of sp³-hybridized carbons (Fsp3) is 0.481. The van der Waals surface area contributed by atoms with Crippen LogP contribution < -0.4 is 4.74 Å². The highest BCUT2D eigenvalue weighted by Gasteiger charge is 2.42. The number of nitrogens with zero attached hydrogens (tertiary/aromatic N) is 3. The number of carbonyl (C=O) groups excluding carboxylic acids is 3. The molecule has 198 valence electrons. The number of likely N-dealkylation sites (tertiary alicyclic amines) is 1. The summed E-state index contributed by atoms with van der Waals surface area (Å²) in [4.78, 5) is 47.2. The third-order valence-electron chi connectivity index (χ3n) is 6.79. The predicted octanol–water partition coefficient (Wildman–Crippen LogP) is 4.03. The molecule has 0 aliphatic carbocycles. The summed E-state index contributed by atoms with van der Waals surface area (Å²) in [7, 11) is 2.97. The van der Waals surface area contributed by atoms with Crippen molar-refractivity contribution < 1.29 is 28.6 Å². The van der Waals surface area contributed by atoms with Crippen LogP contribution in [-0.4, -0.2) is 66.7 Å². The molecule has 3 heterocycles. The molecule has 3 aliphatic rings. The molecule has 0 bridgehead atoms. The second kappa shape index (κ2) is 11.9. The highest BCUT2D eigenvalue weighted by atomic mass is 32.2. The largest absolute Gasteiger partial charge is 0.497 e. The van der Waals surface area contributed by atoms with Gasteiger partial charge in [-0.25, -0.2) is 9.79 Å². The van der Waals surface area contributed by atoms with E-state index in [0.717, 1.165) is 29.3 Å². The number of esters is 2. The van der Waals surface area contributed by atoms with Gasteiger partial charge in [-0.3, -0.25) is 9.59 Å². The maximum absolute atomic E-state index is 13.4. The number of fused-ring (bicyclic) bond motifs is 1. The Bertz CT molecular complexity index is 1140. The molecule has 4 rings (SSSR count). The number of hydrogen-bond donors (Lipinski definition) is 0. The van der Waals surface area contributed by atoms with E-state index in [1.165, 1.54) is 18.9 Å². The molecule has 0 saturated carbocycles. The molecule has 1 aromatic rings. The van der Waals surface area contributed by atoms with Crippen LogP contribution in [0.5, 0.6) is 5.75 Å². The van der Waals surface area contributed by atoms with Gasteiger partial charge in [0.2, 0.25) is 5.91 Å². The smallest absolute Gasteiger partial charge is 0.338 e. The highest BCUT2D eigenvalue weighted by Crippen LogP contribution is 2.45. The Labute approximate surface area is 221 Å². The number of methoxy groups -OCH3 is 2. The number of carbonyl (C=O) groups is 3. The Balaban J connectivity index is 1.62. The third-order valence-corrected chi connectivity index (χ3v) is 7.68. The fourth-order valence-corrected chi connectivity index (χ4v) is 5.87. The zero-order chi connectivity index (χ0) is 26.5. The number of ether oxygens (including phenoxy) is 3. The molecule has 9 nitrogen and oxygen atoms in total. The van der Waals surface area contributed by atoms with Gasteiger partial charge >= 0.3 is 11.9 Å². The van der Waals surface area contributed by atoms with E-state index in [-0.39, 0.29) is 24.2 Å². The average Bonchev–Trinajstić information content (AvgIpc) is 3.33. The van der Waals surface area contributed by atoms with E-state index in [4.69, 9.17) is 19.2 Å². The van der Waals surface area contributed by atoms with Gasteiger partial charge < -0.3 is 24.0 Å². The monoisotopic (exact) mass is 527 g/mol. The number of aliphatic imine (C=N–C) groups is 1. The summed E-state index contributed by atoms with van der Waals surface area (Å²) in [6, 6.07) is 7.03. The molecule has 0 spiro atoms. The summed E-state index contributed by atoms with van der Waals surface area (Å²) in [6.45, 7) is 5.02. The Hall–Kier alpha value is -3.27. The number of allylic oxidation sites excluding steroid dienone is 1. The van der Waals surface area contributed by atoms with Gasteiger partial charge in [0.25, 0.3) is 0 Å². The van der Waals surface area contributed by atoms with Crippen LogP contribution in [0.1, 0.15) is 51.1 Å². The molecule has 3 aliphatic heterocycles. The van der Waals surface area contributed by atoms with Crippen LogP contribution in [0.3, 0.4) is 0 Å². The number of amidine groups is 1. The molecule has 37 heavy (non-hydrogen) atoms. The van der Waals surface area contributed by atoms with Gasteiger partial charge in [-0.2, -0.15) is 0 Å². The average molecular weight is 528 g/mol. The summed E-state index contributed by atoms with van der Waals surface area (Å²) in [5, 5.41) is 2.64. The van der Waals surface area contributed by atoms with E-state index >= 15 is 0 Å². The number of piperidine rings is 1. The lowest BCUT2D eigenvalue weighted by Gasteiger charge is -2.37. The quantitative estimate of drug-likeness (QED) is 0.468. The molecule has 1 amide bonds. The Morgan fingerprint density at radius 3 is 2.54 bits per heavy atom. The van der Waals surface area contributed by atoms with Crippen molar-refractivity contribution in [3.63, 3.8) is 0 Å². The predicted molar refractivity (Wildman–Crippen MR) is 141 cm³/mol. The summed E-state index contributed by atoms with van der Waals surface area (Å²) in [6.07, 6.45) is 2.16. The molecule has 2 atom stereocenters. The van der Waals surface area contributed by atoms with Crippen molar-refractivity contribution in [1.29, 1.82) is 0 Å². The van der Waals surface area contributed by atoms with Gasteiger partial charge in [0.1, 0.15) is 5.75 Å². The molecule has 1 fully saturated rings. The van der Waals surface area contributed by atoms with Crippen molar-refractivity contribution in [1.82, 2.24) is 9.80 Å². The first kappa shape index (κ1) is 26.8. The summed E-state index contributed by atoms with van der Waals surface area (Å²) in [5.74, 6) is -0.363. The minimum Gasteiger partial charge on any atom is -0.497 e. The zero-order valence-corrected chi connectivity index (χ0v) is 22.5. The van der Waals surface area contributed by atoms with Crippen molar-refractivity contribution in [3.8, 4) is 5.75 Å². The van der Waals surface area contributed by atoms with E-state index < -0.39 is 12.0 Å². The van der Waals surface area contributed by atoms with E-state index in [0.29, 0.717) is 43.1 Å². The molecule has 0 radical (unpaired) electrons. The molecule has 1 aromatic carbocycles. The minimum absolute atomic E-state index is 0.0690. The molecular weight excluding hydrogens is 494 g/mol. The van der Waals surface area contributed by atoms with E-state index in [9.17, 15) is 14.4 Å². The maximum Gasteiger partial charge on any atom is 0.338 e. The van der Waals surface area contributed by atoms with Gasteiger partial charge in [0, 0.05) is 18.8 Å². The van der Waals surface area contributed by atoms with Crippen molar-refractivity contribution in [2.24, 2.45) is 10.9 Å². The van der Waals surface area contributed by atoms with Gasteiger partial charge in [-0.15, -0.1) is 0 Å². The van der Waals surface area contributed by atoms with Crippen molar-refractivity contribution >= 4 is 34.8 Å². The minimum atomic E-state index is -0.497. The lowest BCUT2D eigenvalue weighted by molar-refractivity contribution is -0.151. The van der Waals surface area contributed by atoms with E-state index in [2.05, 4.69) is 0 Å². The second-order valence-corrected chi connectivity index (χ2v) is 9.82. The first-order valence-corrected chi connectivity index (χ1v) is 13.4. The summed E-state index contributed by atoms with van der Waals surface area (Å²) < 4.78 is 15.7. The Morgan fingerprint density at radius 2 is 1.89 bits per heavy atom. The Kier molecular flexibility index (Phi) is 8.58. The van der Waals surface area contributed by atoms with Gasteiger partial charge in [-0.05, 0) is 49.3 Å². The highest BCUT2D eigenvalue weighted by molar-refractivity contribution is 8.16. The van der Waals surface area contributed by atoms with E-state index in [1.807, 2.05) is 41.5 Å². The normalized spacial score (nSPS) is 21.2. The number of hydrogen-bond acceptors (Lipinski definition) is 9. The van der Waals surface area contributed by atoms with Crippen LogP contribution in [0.25, 0.3) is 0 Å². The molecule has 10 heteroatoms. The van der Waals surface area contributed by atoms with Crippen molar-refractivity contribution in [2.75, 3.05) is 33.9 Å². The maximum atomic E-state index is 13.4. The lowest BCUT2D eigenvalue weighted by Crippen LogP contribution is -2.44. The first-order valence-electron chi connectivity index (χ1n) is 12.5. The summed E-state index contributed by atoms with van der Waals surface area (Å²) >= 11 is 1.44. The number of benzene rings is 1. The van der Waals surface area contributed by atoms with Crippen LogP contribution in [0.4, 0.5) is 0 Å². The lowest BCUT2D eigenvalue weighted by atomic mass is 9.92. The van der Waals surface area contributed by atoms with Gasteiger partial charge in [0.15, 0.2) is 5.17 Å². The molecule has 0 N–H and O–H groups in total. The van der Waals surface area contributed by atoms with E-state index in [1.54, 1.807) is 18.9 Å². The van der Waals surface area contributed by atoms with Crippen LogP contribution in [-0.2, 0) is 23.9 Å². The molecular formula is C27H33N3O6S. The Morgan fingerprint density at radius 1 is 1.14 bits per heavy atom. The van der Waals surface area contributed by atoms with Crippen molar-refractivity contribution in [3.05, 3.63) is 52.2 Å².